The van der Waals surface area contributed by atoms with E-state index in [1.54, 1.807) is 19.3 Å². The monoisotopic (exact) mass is 379 g/mol. The number of nitrogens with zero attached hydrogens (tertiary/aromatic N) is 3. The van der Waals surface area contributed by atoms with Crippen molar-refractivity contribution in [3.8, 4) is 23.2 Å². The average molecular weight is 379 g/mol. The van der Waals surface area contributed by atoms with E-state index < -0.39 is 6.10 Å². The van der Waals surface area contributed by atoms with Crippen molar-refractivity contribution in [1.29, 1.82) is 0 Å². The van der Waals surface area contributed by atoms with Gasteiger partial charge in [-0.25, -0.2) is 4.98 Å². The molecule has 0 spiro atoms. The van der Waals surface area contributed by atoms with Crippen molar-refractivity contribution in [1.82, 2.24) is 14.7 Å². The summed E-state index contributed by atoms with van der Waals surface area (Å²) in [6, 6.07) is 9.47. The van der Waals surface area contributed by atoms with Gasteiger partial charge in [-0.2, -0.15) is 0 Å². The molecule has 0 aliphatic rings. The van der Waals surface area contributed by atoms with E-state index in [2.05, 4.69) is 26.7 Å². The Bertz CT molecular complexity index is 991. The van der Waals surface area contributed by atoms with Crippen LogP contribution in [0.25, 0.3) is 11.3 Å². The summed E-state index contributed by atoms with van der Waals surface area (Å²) >= 11 is 0. The Hall–Kier alpha value is -3.37. The van der Waals surface area contributed by atoms with E-state index in [0.717, 1.165) is 16.8 Å². The van der Waals surface area contributed by atoms with Crippen molar-refractivity contribution >= 4 is 5.97 Å². The number of ether oxygens (including phenoxy) is 1. The SMILES string of the molecule is COC(=O)CCC#Cc1ccc(-c2cc(Cn3ccnc3[C@H](C)O)no2)cc1. The molecule has 3 aromatic rings. The van der Waals surface area contributed by atoms with Crippen molar-refractivity contribution in [2.75, 3.05) is 7.11 Å². The Morgan fingerprint density at radius 3 is 2.86 bits per heavy atom. The Labute approximate surface area is 163 Å². The highest BCUT2D eigenvalue weighted by atomic mass is 16.5. The maximum Gasteiger partial charge on any atom is 0.306 e. The first-order valence-corrected chi connectivity index (χ1v) is 8.87. The number of imidazole rings is 1. The lowest BCUT2D eigenvalue weighted by atomic mass is 10.1. The normalized spacial score (nSPS) is 11.5. The van der Waals surface area contributed by atoms with Gasteiger partial charge in [0.05, 0.1) is 20.1 Å². The Morgan fingerprint density at radius 2 is 2.14 bits per heavy atom. The third kappa shape index (κ3) is 4.87. The minimum absolute atomic E-state index is 0.262. The number of methoxy groups -OCH3 is 1. The number of carbonyl (C=O) groups is 1. The van der Waals surface area contributed by atoms with Crippen molar-refractivity contribution in [2.24, 2.45) is 0 Å². The van der Waals surface area contributed by atoms with Gasteiger partial charge in [0, 0.05) is 36.0 Å². The number of aliphatic hydroxyl groups excluding tert-OH is 1. The minimum Gasteiger partial charge on any atom is -0.469 e. The molecule has 2 heterocycles. The fourth-order valence-electron chi connectivity index (χ4n) is 2.67. The molecule has 0 aliphatic carbocycles. The van der Waals surface area contributed by atoms with E-state index in [9.17, 15) is 9.90 Å². The molecule has 1 aromatic carbocycles. The fraction of sp³-hybridized carbons (Fsp3) is 0.286. The van der Waals surface area contributed by atoms with Crippen LogP contribution in [0.1, 0.15) is 43.0 Å². The van der Waals surface area contributed by atoms with Crippen LogP contribution in [-0.4, -0.2) is 32.9 Å². The van der Waals surface area contributed by atoms with Crippen molar-refractivity contribution < 1.29 is 19.2 Å². The summed E-state index contributed by atoms with van der Waals surface area (Å²) in [5, 5.41) is 13.8. The quantitative estimate of drug-likeness (QED) is 0.523. The first-order valence-electron chi connectivity index (χ1n) is 8.87. The summed E-state index contributed by atoms with van der Waals surface area (Å²) in [5.74, 6) is 6.94. The third-order valence-corrected chi connectivity index (χ3v) is 4.10. The van der Waals surface area contributed by atoms with E-state index in [1.807, 2.05) is 34.9 Å². The van der Waals surface area contributed by atoms with Crippen LogP contribution in [0.15, 0.2) is 47.2 Å². The Balaban J connectivity index is 1.64. The molecule has 7 heteroatoms. The average Bonchev–Trinajstić information content (AvgIpc) is 3.35. The Morgan fingerprint density at radius 1 is 1.36 bits per heavy atom. The molecule has 2 aromatic heterocycles. The van der Waals surface area contributed by atoms with E-state index in [-0.39, 0.29) is 12.4 Å². The predicted molar refractivity (Wildman–Crippen MR) is 102 cm³/mol. The molecule has 0 saturated carbocycles. The fourth-order valence-corrected chi connectivity index (χ4v) is 2.67. The minimum atomic E-state index is -0.650. The summed E-state index contributed by atoms with van der Waals surface area (Å²) in [7, 11) is 1.37. The van der Waals surface area contributed by atoms with Gasteiger partial charge in [-0.1, -0.05) is 17.0 Å². The summed E-state index contributed by atoms with van der Waals surface area (Å²) in [6.07, 6.45) is 3.54. The lowest BCUT2D eigenvalue weighted by Gasteiger charge is -2.07. The molecular weight excluding hydrogens is 358 g/mol. The van der Waals surface area contributed by atoms with Crippen molar-refractivity contribution in [3.05, 3.63) is 59.8 Å². The molecule has 1 atom stereocenters. The predicted octanol–water partition coefficient (Wildman–Crippen LogP) is 2.94. The molecule has 1 N–H and O–H groups in total. The molecule has 3 rings (SSSR count). The second kappa shape index (κ2) is 9.02. The molecule has 28 heavy (non-hydrogen) atoms. The van der Waals surface area contributed by atoms with Gasteiger partial charge in [0.1, 0.15) is 17.6 Å². The number of aliphatic hydroxyl groups is 1. The lowest BCUT2D eigenvalue weighted by Crippen LogP contribution is -2.07. The maximum absolute atomic E-state index is 11.1. The first-order chi connectivity index (χ1) is 13.6. The molecule has 0 saturated heterocycles. The first kappa shape index (κ1) is 19.4. The van der Waals surface area contributed by atoms with Crippen LogP contribution in [0.4, 0.5) is 0 Å². The summed E-state index contributed by atoms with van der Waals surface area (Å²) < 4.78 is 11.9. The molecule has 0 amide bonds. The molecule has 0 bridgehead atoms. The van der Waals surface area contributed by atoms with Crippen LogP contribution in [0.2, 0.25) is 0 Å². The highest BCUT2D eigenvalue weighted by Crippen LogP contribution is 2.22. The maximum atomic E-state index is 11.1. The summed E-state index contributed by atoms with van der Waals surface area (Å²) in [5.41, 5.74) is 2.48. The van der Waals surface area contributed by atoms with E-state index in [0.29, 0.717) is 24.6 Å². The number of hydrogen-bond donors (Lipinski definition) is 1. The highest BCUT2D eigenvalue weighted by Gasteiger charge is 2.12. The molecule has 0 aliphatic heterocycles. The number of hydrogen-bond acceptors (Lipinski definition) is 6. The van der Waals surface area contributed by atoms with Crippen LogP contribution >= 0.6 is 0 Å². The standard InChI is InChI=1S/C21H21N3O4/c1-15(25)21-22-11-12-24(21)14-18-13-19(28-23-18)17-9-7-16(8-10-17)5-3-4-6-20(26)27-2/h7-13,15,25H,4,6,14H2,1-2H3/t15-/m0/s1. The lowest BCUT2D eigenvalue weighted by molar-refractivity contribution is -0.140. The van der Waals surface area contributed by atoms with Crippen molar-refractivity contribution in [3.63, 3.8) is 0 Å². The van der Waals surface area contributed by atoms with Gasteiger partial charge in [0.2, 0.25) is 0 Å². The van der Waals surface area contributed by atoms with Crippen LogP contribution in [0, 0.1) is 11.8 Å². The van der Waals surface area contributed by atoms with Crippen LogP contribution in [0.5, 0.6) is 0 Å². The topological polar surface area (TPSA) is 90.4 Å². The number of benzene rings is 1. The second-order valence-corrected chi connectivity index (χ2v) is 6.23. The molecule has 7 nitrogen and oxygen atoms in total. The van der Waals surface area contributed by atoms with Gasteiger partial charge >= 0.3 is 5.97 Å². The number of aromatic nitrogens is 3. The number of rotatable bonds is 6. The van der Waals surface area contributed by atoms with Gasteiger partial charge < -0.3 is 18.9 Å². The summed E-state index contributed by atoms with van der Waals surface area (Å²) in [6.45, 7) is 2.14. The molecule has 0 unspecified atom stereocenters. The summed E-state index contributed by atoms with van der Waals surface area (Å²) in [4.78, 5) is 15.2. The zero-order chi connectivity index (χ0) is 19.9. The van der Waals surface area contributed by atoms with Crippen LogP contribution in [0.3, 0.4) is 0 Å². The zero-order valence-corrected chi connectivity index (χ0v) is 15.8. The third-order valence-electron chi connectivity index (χ3n) is 4.10. The van der Waals surface area contributed by atoms with Gasteiger partial charge in [-0.05, 0) is 31.2 Å². The zero-order valence-electron chi connectivity index (χ0n) is 15.8. The Kier molecular flexibility index (Phi) is 6.25. The smallest absolute Gasteiger partial charge is 0.306 e. The van der Waals surface area contributed by atoms with Crippen LogP contribution in [-0.2, 0) is 16.1 Å². The highest BCUT2D eigenvalue weighted by molar-refractivity contribution is 5.69. The second-order valence-electron chi connectivity index (χ2n) is 6.23. The molecule has 0 radical (unpaired) electrons. The van der Waals surface area contributed by atoms with Gasteiger partial charge in [-0.3, -0.25) is 4.79 Å². The number of esters is 1. The van der Waals surface area contributed by atoms with E-state index in [1.165, 1.54) is 7.11 Å². The molecular formula is C21H21N3O4. The molecule has 144 valence electrons. The van der Waals surface area contributed by atoms with Gasteiger partial charge in [0.15, 0.2) is 5.76 Å². The van der Waals surface area contributed by atoms with E-state index in [4.69, 9.17) is 4.52 Å². The van der Waals surface area contributed by atoms with Crippen molar-refractivity contribution in [2.45, 2.75) is 32.4 Å². The molecule has 0 fully saturated rings. The number of carbonyl (C=O) groups excluding carboxylic acids is 1. The van der Waals surface area contributed by atoms with E-state index >= 15 is 0 Å². The van der Waals surface area contributed by atoms with Gasteiger partial charge in [0.25, 0.3) is 0 Å². The largest absolute Gasteiger partial charge is 0.469 e. The van der Waals surface area contributed by atoms with Gasteiger partial charge in [-0.15, -0.1) is 0 Å². The van der Waals surface area contributed by atoms with Crippen LogP contribution < -0.4 is 0 Å².